The van der Waals surface area contributed by atoms with Crippen LogP contribution in [0.2, 0.25) is 0 Å². The lowest BCUT2D eigenvalue weighted by Gasteiger charge is -2.26. The minimum atomic E-state index is -0.960. The van der Waals surface area contributed by atoms with Crippen molar-refractivity contribution in [1.82, 2.24) is 9.97 Å². The molecule has 0 aromatic carbocycles. The molecule has 6 N–H and O–H groups in total. The first-order valence-electron chi connectivity index (χ1n) is 5.11. The molecular weight excluding hydrogens is 349 g/mol. The summed E-state index contributed by atoms with van der Waals surface area (Å²) in [5.41, 5.74) is 16.7. The molecule has 1 heterocycles. The van der Waals surface area contributed by atoms with Crippen molar-refractivity contribution in [3.63, 3.8) is 0 Å². The van der Waals surface area contributed by atoms with Gasteiger partial charge < -0.3 is 17.2 Å². The Morgan fingerprint density at radius 2 is 2.17 bits per heavy atom. The molecule has 18 heavy (non-hydrogen) atoms. The van der Waals surface area contributed by atoms with Gasteiger partial charge in [0.05, 0.1) is 17.3 Å². The van der Waals surface area contributed by atoms with Crippen LogP contribution in [0.1, 0.15) is 19.0 Å². The van der Waals surface area contributed by atoms with Crippen molar-refractivity contribution in [1.29, 1.82) is 0 Å². The van der Waals surface area contributed by atoms with Crippen LogP contribution in [0.4, 0.5) is 5.95 Å². The van der Waals surface area contributed by atoms with E-state index in [0.717, 1.165) is 0 Å². The van der Waals surface area contributed by atoms with E-state index in [0.29, 0.717) is 5.69 Å². The number of halogens is 1. The van der Waals surface area contributed by atoms with Crippen molar-refractivity contribution >= 4 is 38.1 Å². The molecule has 0 saturated heterocycles. The largest absolute Gasteiger partial charge is 0.368 e. The van der Waals surface area contributed by atoms with E-state index in [2.05, 4.69) is 9.97 Å². The van der Waals surface area contributed by atoms with Crippen LogP contribution in [0.15, 0.2) is 12.3 Å². The fraction of sp³-hybridized carbons (Fsp3) is 0.400. The fourth-order valence-electron chi connectivity index (χ4n) is 1.49. The normalized spacial score (nSPS) is 15.8. The molecule has 0 spiro atoms. The molecule has 0 aliphatic carbocycles. The molecular formula is C10H14IN5O2. The molecule has 2 atom stereocenters. The van der Waals surface area contributed by atoms with E-state index < -0.39 is 21.2 Å². The molecule has 0 saturated carbocycles. The summed E-state index contributed by atoms with van der Waals surface area (Å²) < 4.78 is -0.613. The van der Waals surface area contributed by atoms with Crippen LogP contribution in [0.25, 0.3) is 0 Å². The third kappa shape index (κ3) is 3.68. The zero-order chi connectivity index (χ0) is 13.9. The minimum absolute atomic E-state index is 0.0917. The molecule has 0 amide bonds. The molecule has 1 unspecified atom stereocenters. The van der Waals surface area contributed by atoms with E-state index in [-0.39, 0.29) is 12.4 Å². The first-order chi connectivity index (χ1) is 8.24. The summed E-state index contributed by atoms with van der Waals surface area (Å²) in [6.07, 6.45) is 1.57. The molecule has 0 radical (unpaired) electrons. The fourth-order valence-corrected chi connectivity index (χ4v) is 1.89. The Labute approximate surface area is 118 Å². The maximum atomic E-state index is 11.4. The lowest BCUT2D eigenvalue weighted by Crippen LogP contribution is -2.45. The average molecular weight is 363 g/mol. The first-order valence-corrected chi connectivity index (χ1v) is 6.19. The summed E-state index contributed by atoms with van der Waals surface area (Å²) in [6.45, 7) is 1.67. The van der Waals surface area contributed by atoms with Gasteiger partial charge in [-0.3, -0.25) is 9.59 Å². The maximum absolute atomic E-state index is 11.4. The van der Waals surface area contributed by atoms with Crippen LogP contribution in [0.5, 0.6) is 0 Å². The number of ketones is 1. The van der Waals surface area contributed by atoms with E-state index in [1.807, 2.05) is 0 Å². The highest BCUT2D eigenvalue weighted by atomic mass is 127. The second-order valence-electron chi connectivity index (χ2n) is 4.17. The van der Waals surface area contributed by atoms with E-state index in [4.69, 9.17) is 17.2 Å². The molecule has 0 fully saturated rings. The number of nitrogens with two attached hydrogens (primary N) is 3. The van der Waals surface area contributed by atoms with Crippen molar-refractivity contribution in [3.8, 4) is 0 Å². The third-order valence-electron chi connectivity index (χ3n) is 2.43. The topological polar surface area (TPSA) is 138 Å². The van der Waals surface area contributed by atoms with E-state index in [1.165, 1.54) is 28.8 Å². The molecule has 0 aliphatic heterocycles. The lowest BCUT2D eigenvalue weighted by atomic mass is 9.89. The van der Waals surface area contributed by atoms with E-state index in [1.54, 1.807) is 13.0 Å². The van der Waals surface area contributed by atoms with Crippen LogP contribution < -0.4 is 17.2 Å². The number of hydrogen-bond acceptors (Lipinski definition) is 7. The molecule has 0 aliphatic rings. The Hall–Kier alpha value is -1.13. The van der Waals surface area contributed by atoms with Crippen LogP contribution >= 0.6 is 22.6 Å². The zero-order valence-corrected chi connectivity index (χ0v) is 11.9. The van der Waals surface area contributed by atoms with Gasteiger partial charge in [0.1, 0.15) is 0 Å². The summed E-state index contributed by atoms with van der Waals surface area (Å²) in [4.78, 5) is 30.1. The van der Waals surface area contributed by atoms with Crippen molar-refractivity contribution < 1.29 is 9.59 Å². The number of anilines is 1. The van der Waals surface area contributed by atoms with Crippen LogP contribution in [0, 0.1) is 0 Å². The second kappa shape index (κ2) is 5.67. The molecule has 1 aromatic heterocycles. The number of nitrogen functional groups attached to an aromatic ring is 1. The van der Waals surface area contributed by atoms with Crippen LogP contribution in [-0.2, 0) is 15.1 Å². The third-order valence-corrected chi connectivity index (χ3v) is 2.97. The average Bonchev–Trinajstić information content (AvgIpc) is 2.27. The Kier molecular flexibility index (Phi) is 4.71. The summed E-state index contributed by atoms with van der Waals surface area (Å²) in [5.74, 6) is -0.566. The standard InChI is InChI=1S/C10H14IN5O2/c1-10(14,4-5(12)7(17)8(11)18)6-2-3-15-9(13)16-6/h2-3,5H,4,12,14H2,1H3,(H2,13,15,16)/t5-,10?/m0/s1. The molecule has 7 nitrogen and oxygen atoms in total. The van der Waals surface area contributed by atoms with Gasteiger partial charge in [-0.2, -0.15) is 0 Å². The Morgan fingerprint density at radius 1 is 1.56 bits per heavy atom. The SMILES string of the molecule is CC(N)(C[C@H](N)C(=O)C(=O)I)c1ccnc(N)n1. The van der Waals surface area contributed by atoms with Gasteiger partial charge in [0.2, 0.25) is 11.7 Å². The van der Waals surface area contributed by atoms with Gasteiger partial charge in [0, 0.05) is 28.8 Å². The predicted molar refractivity (Wildman–Crippen MR) is 74.6 cm³/mol. The highest BCUT2D eigenvalue weighted by molar-refractivity contribution is 14.1. The molecule has 98 valence electrons. The molecule has 0 bridgehead atoms. The van der Waals surface area contributed by atoms with Gasteiger partial charge in [0.15, 0.2) is 0 Å². The highest BCUT2D eigenvalue weighted by Crippen LogP contribution is 2.21. The van der Waals surface area contributed by atoms with E-state index in [9.17, 15) is 9.59 Å². The number of Topliss-reactive ketones (excluding diaryl/α,β-unsaturated/α-hetero) is 1. The monoisotopic (exact) mass is 363 g/mol. The summed E-state index contributed by atoms with van der Waals surface area (Å²) >= 11 is 1.40. The summed E-state index contributed by atoms with van der Waals surface area (Å²) in [7, 11) is 0. The second-order valence-corrected chi connectivity index (χ2v) is 5.15. The number of aromatic nitrogens is 2. The van der Waals surface area contributed by atoms with Gasteiger partial charge in [-0.25, -0.2) is 9.97 Å². The van der Waals surface area contributed by atoms with Crippen molar-refractivity contribution in [2.24, 2.45) is 11.5 Å². The smallest absolute Gasteiger partial charge is 0.259 e. The van der Waals surface area contributed by atoms with Gasteiger partial charge in [0.25, 0.3) is 3.79 Å². The van der Waals surface area contributed by atoms with Gasteiger partial charge in [-0.15, -0.1) is 0 Å². The quantitative estimate of drug-likeness (QED) is 0.364. The molecule has 8 heteroatoms. The Morgan fingerprint density at radius 3 is 2.67 bits per heavy atom. The van der Waals surface area contributed by atoms with Crippen molar-refractivity contribution in [3.05, 3.63) is 18.0 Å². The van der Waals surface area contributed by atoms with Gasteiger partial charge >= 0.3 is 0 Å². The predicted octanol–water partition coefficient (Wildman–Crippen LogP) is -0.519. The molecule has 1 rings (SSSR count). The van der Waals surface area contributed by atoms with Gasteiger partial charge in [-0.05, 0) is 19.4 Å². The number of nitrogens with zero attached hydrogens (tertiary/aromatic N) is 2. The van der Waals surface area contributed by atoms with Crippen LogP contribution in [-0.4, -0.2) is 25.6 Å². The van der Waals surface area contributed by atoms with Crippen molar-refractivity contribution in [2.75, 3.05) is 5.73 Å². The number of hydrogen-bond donors (Lipinski definition) is 3. The Balaban J connectivity index is 2.88. The zero-order valence-electron chi connectivity index (χ0n) is 9.76. The van der Waals surface area contributed by atoms with E-state index >= 15 is 0 Å². The summed E-state index contributed by atoms with van der Waals surface area (Å²) in [5, 5.41) is 0. The van der Waals surface area contributed by atoms with Gasteiger partial charge in [-0.1, -0.05) is 0 Å². The lowest BCUT2D eigenvalue weighted by molar-refractivity contribution is -0.131. The number of carbonyl (C=O) groups excluding carboxylic acids is 2. The summed E-state index contributed by atoms with van der Waals surface area (Å²) in [6, 6.07) is 0.639. The maximum Gasteiger partial charge on any atom is 0.259 e. The Bertz CT molecular complexity index is 477. The first kappa shape index (κ1) is 14.9. The highest BCUT2D eigenvalue weighted by Gasteiger charge is 2.30. The van der Waals surface area contributed by atoms with Crippen molar-refractivity contribution in [2.45, 2.75) is 24.9 Å². The minimum Gasteiger partial charge on any atom is -0.368 e. The number of carbonyl (C=O) groups is 2. The van der Waals surface area contributed by atoms with Crippen LogP contribution in [0.3, 0.4) is 0 Å². The number of rotatable bonds is 5. The molecule has 1 aromatic rings.